The summed E-state index contributed by atoms with van der Waals surface area (Å²) in [5, 5.41) is 0. The Hall–Kier alpha value is -2.66. The molecule has 2 aromatic rings. The van der Waals surface area contributed by atoms with Gasteiger partial charge < -0.3 is 15.4 Å². The molecule has 10 heteroatoms. The predicted molar refractivity (Wildman–Crippen MR) is 133 cm³/mol. The third kappa shape index (κ3) is 6.92. The molecule has 1 heterocycles. The van der Waals surface area contributed by atoms with Gasteiger partial charge in [0.2, 0.25) is 0 Å². The number of cyclic esters (lactones) is 1. The molecule has 3 rings (SSSR count). The molecule has 5 N–H and O–H groups in total. The molecule has 0 spiro atoms. The summed E-state index contributed by atoms with van der Waals surface area (Å²) in [5.74, 6) is 5.42. The van der Waals surface area contributed by atoms with Gasteiger partial charge in [-0.3, -0.25) is 20.6 Å². The van der Waals surface area contributed by atoms with Crippen molar-refractivity contribution in [2.24, 2.45) is 11.6 Å². The summed E-state index contributed by atoms with van der Waals surface area (Å²) in [5.41, 5.74) is 10.8. The first-order valence-electron chi connectivity index (χ1n) is 11.0. The third-order valence-electron chi connectivity index (χ3n) is 5.45. The van der Waals surface area contributed by atoms with Gasteiger partial charge in [0.1, 0.15) is 11.9 Å². The van der Waals surface area contributed by atoms with Gasteiger partial charge in [0, 0.05) is 42.1 Å². The van der Waals surface area contributed by atoms with Crippen LogP contribution < -0.4 is 21.9 Å². The molecule has 7 nitrogen and oxygen atoms in total. The van der Waals surface area contributed by atoms with Crippen LogP contribution in [0.25, 0.3) is 11.1 Å². The van der Waals surface area contributed by atoms with E-state index in [0.717, 1.165) is 16.0 Å². The molecule has 34 heavy (non-hydrogen) atoms. The standard InChI is InChI=1S/C24H31F2N5O2S/c1-30(10-2-9-25)14-17-3-5-18(6-4-17)22-8-7-19(11-23(22)26)31-15-20(33-24(31)32)16-34-21(12-27)13-29-28/h3-8,11-12,20,29H,2,9-10,13-16,27-28H2,1H3/b21-12+. The number of nitrogens with zero attached hydrogens (tertiary/aromatic N) is 2. The Morgan fingerprint density at radius 2 is 2.09 bits per heavy atom. The summed E-state index contributed by atoms with van der Waals surface area (Å²) < 4.78 is 32.7. The summed E-state index contributed by atoms with van der Waals surface area (Å²) in [6, 6.07) is 12.4. The fourth-order valence-corrected chi connectivity index (χ4v) is 4.55. The lowest BCUT2D eigenvalue weighted by atomic mass is 10.0. The molecule has 0 aliphatic carbocycles. The lowest BCUT2D eigenvalue weighted by molar-refractivity contribution is 0.151. The van der Waals surface area contributed by atoms with Crippen molar-refractivity contribution in [2.45, 2.75) is 19.1 Å². The van der Waals surface area contributed by atoms with Crippen LogP contribution in [0, 0.1) is 5.82 Å². The number of halogens is 2. The topological polar surface area (TPSA) is 96.8 Å². The van der Waals surface area contributed by atoms with Crippen LogP contribution in [0.3, 0.4) is 0 Å². The van der Waals surface area contributed by atoms with Crippen molar-refractivity contribution in [1.82, 2.24) is 10.3 Å². The maximum atomic E-state index is 15.0. The van der Waals surface area contributed by atoms with Crippen molar-refractivity contribution >= 4 is 23.5 Å². The molecule has 184 valence electrons. The molecule has 1 unspecified atom stereocenters. The number of thioether (sulfide) groups is 1. The number of carbonyl (C=O) groups is 1. The van der Waals surface area contributed by atoms with Gasteiger partial charge in [-0.25, -0.2) is 9.18 Å². The SMILES string of the molecule is CN(CCCF)Cc1ccc(-c2ccc(N3CC(CS/C(=C/N)CNN)OC3=O)cc2F)cc1. The van der Waals surface area contributed by atoms with Gasteiger partial charge >= 0.3 is 6.09 Å². The van der Waals surface area contributed by atoms with Crippen LogP contribution in [0.5, 0.6) is 0 Å². The Labute approximate surface area is 203 Å². The highest BCUT2D eigenvalue weighted by Gasteiger charge is 2.32. The van der Waals surface area contributed by atoms with Crippen LogP contribution in [-0.2, 0) is 11.3 Å². The number of alkyl halides is 1. The molecule has 1 aliphatic rings. The monoisotopic (exact) mass is 491 g/mol. The Balaban J connectivity index is 1.63. The maximum absolute atomic E-state index is 15.0. The summed E-state index contributed by atoms with van der Waals surface area (Å²) in [4.78, 5) is 16.7. The van der Waals surface area contributed by atoms with E-state index in [-0.39, 0.29) is 12.8 Å². The number of anilines is 1. The minimum absolute atomic E-state index is 0.323. The Kier molecular flexibility index (Phi) is 9.70. The number of nitrogens with one attached hydrogen (secondary N) is 1. The van der Waals surface area contributed by atoms with Gasteiger partial charge in [0.05, 0.1) is 18.9 Å². The van der Waals surface area contributed by atoms with E-state index in [4.69, 9.17) is 16.3 Å². The van der Waals surface area contributed by atoms with Crippen molar-refractivity contribution in [3.05, 3.63) is 65.0 Å². The highest BCUT2D eigenvalue weighted by atomic mass is 32.2. The van der Waals surface area contributed by atoms with Gasteiger partial charge in [-0.15, -0.1) is 11.8 Å². The molecule has 1 atom stereocenters. The Bertz CT molecular complexity index is 990. The molecule has 1 aliphatic heterocycles. The van der Waals surface area contributed by atoms with Crippen LogP contribution >= 0.6 is 11.8 Å². The number of amides is 1. The van der Waals surface area contributed by atoms with Crippen molar-refractivity contribution in [3.8, 4) is 11.1 Å². The van der Waals surface area contributed by atoms with Crippen molar-refractivity contribution < 1.29 is 18.3 Å². The largest absolute Gasteiger partial charge is 0.443 e. The summed E-state index contributed by atoms with van der Waals surface area (Å²) >= 11 is 1.45. The quantitative estimate of drug-likeness (QED) is 0.308. The molecule has 1 amide bonds. The lowest BCUT2D eigenvalue weighted by Crippen LogP contribution is -2.26. The molecule has 0 saturated carbocycles. The van der Waals surface area contributed by atoms with Gasteiger partial charge in [-0.1, -0.05) is 24.3 Å². The second kappa shape index (κ2) is 12.7. The number of carbonyl (C=O) groups excluding carboxylic acids is 1. The fraction of sp³-hybridized carbons (Fsp3) is 0.375. The minimum Gasteiger partial charge on any atom is -0.443 e. The average Bonchev–Trinajstić information content (AvgIpc) is 3.21. The predicted octanol–water partition coefficient (Wildman–Crippen LogP) is 3.61. The van der Waals surface area contributed by atoms with E-state index < -0.39 is 11.9 Å². The second-order valence-corrected chi connectivity index (χ2v) is 9.23. The zero-order valence-corrected chi connectivity index (χ0v) is 20.0. The summed E-state index contributed by atoms with van der Waals surface area (Å²) in [7, 11) is 1.94. The van der Waals surface area contributed by atoms with Crippen LogP contribution in [0.2, 0.25) is 0 Å². The van der Waals surface area contributed by atoms with Crippen LogP contribution in [0.15, 0.2) is 53.6 Å². The number of hydrogen-bond donors (Lipinski definition) is 3. The van der Waals surface area contributed by atoms with Gasteiger partial charge in [-0.2, -0.15) is 0 Å². The van der Waals surface area contributed by atoms with E-state index in [1.165, 1.54) is 28.9 Å². The normalized spacial score (nSPS) is 16.4. The highest BCUT2D eigenvalue weighted by Crippen LogP contribution is 2.30. The Morgan fingerprint density at radius 3 is 2.74 bits per heavy atom. The van der Waals surface area contributed by atoms with E-state index in [0.29, 0.717) is 49.6 Å². The van der Waals surface area contributed by atoms with Crippen LogP contribution in [0.4, 0.5) is 19.3 Å². The van der Waals surface area contributed by atoms with Crippen molar-refractivity contribution in [1.29, 1.82) is 0 Å². The van der Waals surface area contributed by atoms with Crippen LogP contribution in [-0.4, -0.2) is 56.2 Å². The van der Waals surface area contributed by atoms with Crippen molar-refractivity contribution in [3.63, 3.8) is 0 Å². The minimum atomic E-state index is -0.505. The maximum Gasteiger partial charge on any atom is 0.414 e. The molecular formula is C24H31F2N5O2S. The summed E-state index contributed by atoms with van der Waals surface area (Å²) in [6.45, 7) is 1.80. The number of nitrogens with two attached hydrogens (primary N) is 2. The van der Waals surface area contributed by atoms with Gasteiger partial charge in [-0.05, 0) is 42.8 Å². The average molecular weight is 492 g/mol. The van der Waals surface area contributed by atoms with E-state index in [1.807, 2.05) is 36.2 Å². The number of benzene rings is 2. The first-order chi connectivity index (χ1) is 16.4. The molecular weight excluding hydrogens is 460 g/mol. The lowest BCUT2D eigenvalue weighted by Gasteiger charge is -2.16. The smallest absolute Gasteiger partial charge is 0.414 e. The van der Waals surface area contributed by atoms with Crippen molar-refractivity contribution in [2.75, 3.05) is 44.0 Å². The van der Waals surface area contributed by atoms with Crippen LogP contribution in [0.1, 0.15) is 12.0 Å². The molecule has 1 fully saturated rings. The molecule has 0 radical (unpaired) electrons. The Morgan fingerprint density at radius 1 is 1.32 bits per heavy atom. The molecule has 0 bridgehead atoms. The second-order valence-electron chi connectivity index (χ2n) is 8.08. The van der Waals surface area contributed by atoms with E-state index in [9.17, 15) is 13.6 Å². The zero-order valence-electron chi connectivity index (χ0n) is 19.2. The molecule has 0 aromatic heterocycles. The number of hydrazine groups is 1. The zero-order chi connectivity index (χ0) is 24.5. The number of ether oxygens (including phenoxy) is 1. The van der Waals surface area contributed by atoms with E-state index >= 15 is 0 Å². The van der Waals surface area contributed by atoms with E-state index in [1.54, 1.807) is 12.1 Å². The first kappa shape index (κ1) is 26.0. The van der Waals surface area contributed by atoms with Gasteiger partial charge in [0.15, 0.2) is 0 Å². The third-order valence-corrected chi connectivity index (χ3v) is 6.64. The fourth-order valence-electron chi connectivity index (χ4n) is 3.69. The first-order valence-corrected chi connectivity index (χ1v) is 12.0. The molecule has 1 saturated heterocycles. The van der Waals surface area contributed by atoms with E-state index in [2.05, 4.69) is 5.43 Å². The molecule has 2 aromatic carbocycles. The number of hydrogen-bond acceptors (Lipinski definition) is 7. The number of rotatable bonds is 12. The van der Waals surface area contributed by atoms with Gasteiger partial charge in [0.25, 0.3) is 0 Å². The summed E-state index contributed by atoms with van der Waals surface area (Å²) in [6.07, 6.45) is 1.12. The highest BCUT2D eigenvalue weighted by molar-refractivity contribution is 8.03.